The number of aromatic nitrogens is 2. The van der Waals surface area contributed by atoms with Gasteiger partial charge in [-0.2, -0.15) is 5.10 Å². The Morgan fingerprint density at radius 3 is 2.93 bits per heavy atom. The van der Waals surface area contributed by atoms with Crippen molar-refractivity contribution in [3.63, 3.8) is 0 Å². The van der Waals surface area contributed by atoms with Crippen LogP contribution in [0.2, 0.25) is 0 Å². The first-order chi connectivity index (χ1) is 6.58. The van der Waals surface area contributed by atoms with Crippen molar-refractivity contribution < 1.29 is 0 Å². The summed E-state index contributed by atoms with van der Waals surface area (Å²) in [6, 6.07) is 0.496. The molecule has 1 aromatic heterocycles. The van der Waals surface area contributed by atoms with Gasteiger partial charge in [-0.3, -0.25) is 4.68 Å². The average molecular weight is 258 g/mol. The molecule has 14 heavy (non-hydrogen) atoms. The highest BCUT2D eigenvalue weighted by atomic mass is 79.9. The van der Waals surface area contributed by atoms with Gasteiger partial charge >= 0.3 is 0 Å². The lowest BCUT2D eigenvalue weighted by Crippen LogP contribution is -2.25. The van der Waals surface area contributed by atoms with E-state index in [0.717, 1.165) is 23.1 Å². The predicted octanol–water partition coefficient (Wildman–Crippen LogP) is 2.20. The number of nitrogens with one attached hydrogen (secondary N) is 1. The molecule has 1 rings (SSSR count). The Morgan fingerprint density at radius 1 is 1.71 bits per heavy atom. The summed E-state index contributed by atoms with van der Waals surface area (Å²) >= 11 is 3.36. The van der Waals surface area contributed by atoms with E-state index >= 15 is 0 Å². The summed E-state index contributed by atoms with van der Waals surface area (Å²) in [5, 5.41) is 7.48. The standard InChI is InChI=1S/C10H16BrN3/c1-8(2)12-4-9(3)6-14-7-10(11)5-13-14/h5,7-8,12H,3-4,6H2,1-2H3. The van der Waals surface area contributed by atoms with Gasteiger partial charge < -0.3 is 5.32 Å². The molecule has 0 unspecified atom stereocenters. The first kappa shape index (κ1) is 11.5. The maximum Gasteiger partial charge on any atom is 0.0632 e. The van der Waals surface area contributed by atoms with Crippen molar-refractivity contribution in [2.75, 3.05) is 6.54 Å². The second kappa shape index (κ2) is 5.32. The zero-order valence-corrected chi connectivity index (χ0v) is 10.2. The van der Waals surface area contributed by atoms with E-state index < -0.39 is 0 Å². The molecule has 1 heterocycles. The molecule has 1 N–H and O–H groups in total. The predicted molar refractivity (Wildman–Crippen MR) is 62.2 cm³/mol. The van der Waals surface area contributed by atoms with Gasteiger partial charge in [-0.15, -0.1) is 0 Å². The molecule has 0 fully saturated rings. The fraction of sp³-hybridized carbons (Fsp3) is 0.500. The van der Waals surface area contributed by atoms with Gasteiger partial charge in [0.2, 0.25) is 0 Å². The molecule has 0 radical (unpaired) electrons. The summed E-state index contributed by atoms with van der Waals surface area (Å²) in [6.07, 6.45) is 3.73. The minimum Gasteiger partial charge on any atom is -0.311 e. The molecular weight excluding hydrogens is 242 g/mol. The highest BCUT2D eigenvalue weighted by Crippen LogP contribution is 2.07. The number of halogens is 1. The molecule has 0 aliphatic carbocycles. The lowest BCUT2D eigenvalue weighted by atomic mass is 10.3. The van der Waals surface area contributed by atoms with Gasteiger partial charge in [0.05, 0.1) is 17.2 Å². The number of rotatable bonds is 5. The van der Waals surface area contributed by atoms with E-state index in [0.29, 0.717) is 6.04 Å². The third-order valence-electron chi connectivity index (χ3n) is 1.75. The Morgan fingerprint density at radius 2 is 2.43 bits per heavy atom. The molecule has 0 atom stereocenters. The number of hydrogen-bond donors (Lipinski definition) is 1. The molecule has 0 aromatic carbocycles. The maximum atomic E-state index is 4.16. The van der Waals surface area contributed by atoms with Crippen molar-refractivity contribution in [2.45, 2.75) is 26.4 Å². The van der Waals surface area contributed by atoms with Crippen LogP contribution in [0.1, 0.15) is 13.8 Å². The van der Waals surface area contributed by atoms with Gasteiger partial charge in [0.1, 0.15) is 0 Å². The quantitative estimate of drug-likeness (QED) is 0.820. The van der Waals surface area contributed by atoms with E-state index in [-0.39, 0.29) is 0 Å². The zero-order chi connectivity index (χ0) is 10.6. The van der Waals surface area contributed by atoms with Crippen LogP contribution in [0.25, 0.3) is 0 Å². The van der Waals surface area contributed by atoms with Crippen LogP contribution >= 0.6 is 15.9 Å². The SMILES string of the molecule is C=C(CNC(C)C)Cn1cc(Br)cn1. The van der Waals surface area contributed by atoms with Crippen molar-refractivity contribution in [3.8, 4) is 0 Å². The molecule has 78 valence electrons. The highest BCUT2D eigenvalue weighted by Gasteiger charge is 1.99. The summed E-state index contributed by atoms with van der Waals surface area (Å²) in [5.41, 5.74) is 1.13. The van der Waals surface area contributed by atoms with Gasteiger partial charge in [-0.1, -0.05) is 20.4 Å². The fourth-order valence-corrected chi connectivity index (χ4v) is 1.39. The Hall–Kier alpha value is -0.610. The summed E-state index contributed by atoms with van der Waals surface area (Å²) in [7, 11) is 0. The summed E-state index contributed by atoms with van der Waals surface area (Å²) in [5.74, 6) is 0. The van der Waals surface area contributed by atoms with Crippen LogP contribution in [-0.2, 0) is 6.54 Å². The van der Waals surface area contributed by atoms with Crippen molar-refractivity contribution in [3.05, 3.63) is 29.0 Å². The average Bonchev–Trinajstić information content (AvgIpc) is 2.48. The second-order valence-corrected chi connectivity index (χ2v) is 4.56. The van der Waals surface area contributed by atoms with E-state index in [9.17, 15) is 0 Å². The molecule has 0 aliphatic heterocycles. The van der Waals surface area contributed by atoms with Crippen LogP contribution in [0.4, 0.5) is 0 Å². The van der Waals surface area contributed by atoms with Crippen LogP contribution < -0.4 is 5.32 Å². The van der Waals surface area contributed by atoms with Gasteiger partial charge in [-0.05, 0) is 21.5 Å². The van der Waals surface area contributed by atoms with Crippen LogP contribution in [0.15, 0.2) is 29.0 Å². The van der Waals surface area contributed by atoms with Gasteiger partial charge in [0, 0.05) is 18.8 Å². The van der Waals surface area contributed by atoms with E-state index in [4.69, 9.17) is 0 Å². The van der Waals surface area contributed by atoms with Crippen molar-refractivity contribution in [2.24, 2.45) is 0 Å². The molecule has 0 amide bonds. The Balaban J connectivity index is 2.34. The third-order valence-corrected chi connectivity index (χ3v) is 2.16. The van der Waals surface area contributed by atoms with E-state index in [1.165, 1.54) is 0 Å². The first-order valence-corrected chi connectivity index (χ1v) is 5.45. The lowest BCUT2D eigenvalue weighted by molar-refractivity contribution is 0.588. The molecule has 4 heteroatoms. The van der Waals surface area contributed by atoms with Crippen molar-refractivity contribution >= 4 is 15.9 Å². The van der Waals surface area contributed by atoms with Gasteiger partial charge in [0.25, 0.3) is 0 Å². The summed E-state index contributed by atoms with van der Waals surface area (Å²) < 4.78 is 2.87. The molecule has 0 spiro atoms. The maximum absolute atomic E-state index is 4.16. The fourth-order valence-electron chi connectivity index (χ4n) is 1.06. The smallest absolute Gasteiger partial charge is 0.0632 e. The molecule has 3 nitrogen and oxygen atoms in total. The number of hydrogen-bond acceptors (Lipinski definition) is 2. The van der Waals surface area contributed by atoms with Gasteiger partial charge in [-0.25, -0.2) is 0 Å². The molecular formula is C10H16BrN3. The van der Waals surface area contributed by atoms with Crippen LogP contribution in [0, 0.1) is 0 Å². The summed E-state index contributed by atoms with van der Waals surface area (Å²) in [4.78, 5) is 0. The van der Waals surface area contributed by atoms with E-state index in [1.807, 2.05) is 10.9 Å². The zero-order valence-electron chi connectivity index (χ0n) is 8.63. The number of nitrogens with zero attached hydrogens (tertiary/aromatic N) is 2. The topological polar surface area (TPSA) is 29.9 Å². The van der Waals surface area contributed by atoms with Crippen LogP contribution in [0.5, 0.6) is 0 Å². The second-order valence-electron chi connectivity index (χ2n) is 3.64. The molecule has 0 bridgehead atoms. The Kier molecular flexibility index (Phi) is 4.35. The van der Waals surface area contributed by atoms with E-state index in [1.54, 1.807) is 6.20 Å². The first-order valence-electron chi connectivity index (χ1n) is 4.66. The van der Waals surface area contributed by atoms with Crippen LogP contribution in [0.3, 0.4) is 0 Å². The molecule has 0 saturated heterocycles. The summed E-state index contributed by atoms with van der Waals surface area (Å²) in [6.45, 7) is 9.85. The lowest BCUT2D eigenvalue weighted by Gasteiger charge is -2.10. The van der Waals surface area contributed by atoms with Gasteiger partial charge in [0.15, 0.2) is 0 Å². The molecule has 0 saturated carbocycles. The monoisotopic (exact) mass is 257 g/mol. The molecule has 0 aliphatic rings. The minimum absolute atomic E-state index is 0.496. The Labute approximate surface area is 93.3 Å². The molecule has 1 aromatic rings. The Bertz CT molecular complexity index is 304. The largest absolute Gasteiger partial charge is 0.311 e. The van der Waals surface area contributed by atoms with Crippen molar-refractivity contribution in [1.29, 1.82) is 0 Å². The van der Waals surface area contributed by atoms with Crippen molar-refractivity contribution in [1.82, 2.24) is 15.1 Å². The minimum atomic E-state index is 0.496. The third kappa shape index (κ3) is 4.07. The van der Waals surface area contributed by atoms with Crippen LogP contribution in [-0.4, -0.2) is 22.4 Å². The normalized spacial score (nSPS) is 10.9. The van der Waals surface area contributed by atoms with E-state index in [2.05, 4.69) is 46.8 Å². The highest BCUT2D eigenvalue weighted by molar-refractivity contribution is 9.10.